The minimum atomic E-state index is -3.49. The van der Waals surface area contributed by atoms with E-state index in [1.54, 1.807) is 30.3 Å². The summed E-state index contributed by atoms with van der Waals surface area (Å²) in [5, 5.41) is 10.8. The summed E-state index contributed by atoms with van der Waals surface area (Å²) in [5.41, 5.74) is 0. The Morgan fingerprint density at radius 3 is 2.76 bits per heavy atom. The van der Waals surface area contributed by atoms with Gasteiger partial charge in [0, 0.05) is 23.7 Å². The van der Waals surface area contributed by atoms with Crippen LogP contribution in [0.2, 0.25) is 0 Å². The van der Waals surface area contributed by atoms with Crippen LogP contribution < -0.4 is 0 Å². The van der Waals surface area contributed by atoms with Crippen LogP contribution in [-0.2, 0) is 16.6 Å². The van der Waals surface area contributed by atoms with Gasteiger partial charge in [0.15, 0.2) is 0 Å². The van der Waals surface area contributed by atoms with Crippen LogP contribution in [0.5, 0.6) is 0 Å². The number of sulfonamides is 1. The largest absolute Gasteiger partial charge is 0.391 e. The molecule has 0 aliphatic carbocycles. The predicted octanol–water partition coefficient (Wildman–Crippen LogP) is 1.61. The SMILES string of the molecule is CSCC(C)N(C)S(=O)(=O)c1ccsc1CO. The molecule has 1 atom stereocenters. The maximum Gasteiger partial charge on any atom is 0.244 e. The summed E-state index contributed by atoms with van der Waals surface area (Å²) in [6.07, 6.45) is 1.95. The van der Waals surface area contributed by atoms with E-state index in [1.807, 2.05) is 13.2 Å². The van der Waals surface area contributed by atoms with Crippen molar-refractivity contribution in [2.45, 2.75) is 24.5 Å². The Labute approximate surface area is 111 Å². The van der Waals surface area contributed by atoms with E-state index in [4.69, 9.17) is 5.11 Å². The van der Waals surface area contributed by atoms with Crippen molar-refractivity contribution in [3.63, 3.8) is 0 Å². The van der Waals surface area contributed by atoms with Gasteiger partial charge in [-0.25, -0.2) is 8.42 Å². The number of thiophene rings is 1. The number of thioether (sulfide) groups is 1. The van der Waals surface area contributed by atoms with Crippen molar-refractivity contribution in [3.05, 3.63) is 16.3 Å². The monoisotopic (exact) mass is 295 g/mol. The lowest BCUT2D eigenvalue weighted by molar-refractivity contribution is 0.282. The van der Waals surface area contributed by atoms with E-state index in [-0.39, 0.29) is 17.5 Å². The minimum Gasteiger partial charge on any atom is -0.391 e. The fraction of sp³-hybridized carbons (Fsp3) is 0.600. The zero-order valence-electron chi connectivity index (χ0n) is 10.1. The van der Waals surface area contributed by atoms with E-state index in [9.17, 15) is 8.42 Å². The second-order valence-electron chi connectivity index (χ2n) is 3.69. The predicted molar refractivity (Wildman–Crippen MR) is 73.0 cm³/mol. The fourth-order valence-electron chi connectivity index (χ4n) is 1.41. The van der Waals surface area contributed by atoms with Gasteiger partial charge >= 0.3 is 0 Å². The number of aliphatic hydroxyl groups excluding tert-OH is 1. The molecule has 0 bridgehead atoms. The summed E-state index contributed by atoms with van der Waals surface area (Å²) in [6, 6.07) is 1.48. The fourth-order valence-corrected chi connectivity index (χ4v) is 4.84. The van der Waals surface area contributed by atoms with Crippen LogP contribution in [-0.4, -0.2) is 42.9 Å². The molecule has 0 fully saturated rings. The molecule has 1 aromatic heterocycles. The van der Waals surface area contributed by atoms with Gasteiger partial charge in [-0.2, -0.15) is 16.1 Å². The van der Waals surface area contributed by atoms with Crippen molar-refractivity contribution < 1.29 is 13.5 Å². The summed E-state index contributed by atoms with van der Waals surface area (Å²) < 4.78 is 26.0. The minimum absolute atomic E-state index is 0.0681. The summed E-state index contributed by atoms with van der Waals surface area (Å²) in [7, 11) is -1.91. The Morgan fingerprint density at radius 2 is 2.24 bits per heavy atom. The first-order valence-corrected chi connectivity index (χ1v) is 8.80. The van der Waals surface area contributed by atoms with Gasteiger partial charge in [0.05, 0.1) is 11.5 Å². The molecule has 1 unspecified atom stereocenters. The number of rotatable bonds is 6. The quantitative estimate of drug-likeness (QED) is 0.866. The third-order valence-electron chi connectivity index (χ3n) is 2.53. The van der Waals surface area contributed by atoms with Gasteiger partial charge in [-0.3, -0.25) is 0 Å². The number of hydrogen-bond acceptors (Lipinski definition) is 5. The zero-order valence-corrected chi connectivity index (χ0v) is 12.5. The molecule has 1 N–H and O–H groups in total. The van der Waals surface area contributed by atoms with Crippen LogP contribution >= 0.6 is 23.1 Å². The molecule has 17 heavy (non-hydrogen) atoms. The molecule has 1 rings (SSSR count). The molecule has 1 aromatic rings. The third kappa shape index (κ3) is 3.23. The molecule has 0 saturated carbocycles. The molecule has 0 saturated heterocycles. The maximum atomic E-state index is 12.3. The highest BCUT2D eigenvalue weighted by Crippen LogP contribution is 2.25. The lowest BCUT2D eigenvalue weighted by Gasteiger charge is -2.23. The van der Waals surface area contributed by atoms with Crippen molar-refractivity contribution >= 4 is 33.1 Å². The standard InChI is InChI=1S/C10H17NO3S3/c1-8(7-15-3)11(2)17(13,14)10-4-5-16-9(10)6-12/h4-5,8,12H,6-7H2,1-3H3. The smallest absolute Gasteiger partial charge is 0.244 e. The third-order valence-corrected chi connectivity index (χ3v) is 6.44. The summed E-state index contributed by atoms with van der Waals surface area (Å²) in [4.78, 5) is 0.716. The lowest BCUT2D eigenvalue weighted by Crippen LogP contribution is -2.36. The van der Waals surface area contributed by atoms with Crippen LogP contribution in [0, 0.1) is 0 Å². The molecule has 1 heterocycles. The Bertz CT molecular complexity index is 455. The summed E-state index contributed by atoms with van der Waals surface area (Å²) >= 11 is 2.87. The molecule has 0 amide bonds. The molecular formula is C10H17NO3S3. The van der Waals surface area contributed by atoms with E-state index < -0.39 is 10.0 Å². The van der Waals surface area contributed by atoms with Gasteiger partial charge in [0.1, 0.15) is 0 Å². The van der Waals surface area contributed by atoms with Crippen LogP contribution in [0.25, 0.3) is 0 Å². The normalized spacial score (nSPS) is 14.2. The number of hydrogen-bond donors (Lipinski definition) is 1. The van der Waals surface area contributed by atoms with Crippen LogP contribution in [0.4, 0.5) is 0 Å². The highest BCUT2D eigenvalue weighted by Gasteiger charge is 2.27. The van der Waals surface area contributed by atoms with Crippen molar-refractivity contribution in [3.8, 4) is 0 Å². The molecular weight excluding hydrogens is 278 g/mol. The van der Waals surface area contributed by atoms with E-state index in [0.29, 0.717) is 4.88 Å². The summed E-state index contributed by atoms with van der Waals surface area (Å²) in [5.74, 6) is 0.744. The maximum absolute atomic E-state index is 12.3. The van der Waals surface area contributed by atoms with Crippen LogP contribution in [0.1, 0.15) is 11.8 Å². The van der Waals surface area contributed by atoms with Crippen molar-refractivity contribution in [2.24, 2.45) is 0 Å². The molecule has 0 aliphatic rings. The number of nitrogens with zero attached hydrogens (tertiary/aromatic N) is 1. The van der Waals surface area contributed by atoms with E-state index >= 15 is 0 Å². The first kappa shape index (κ1) is 15.0. The first-order valence-electron chi connectivity index (χ1n) is 5.09. The molecule has 0 aromatic carbocycles. The second kappa shape index (κ2) is 6.19. The average Bonchev–Trinajstić information content (AvgIpc) is 2.76. The zero-order chi connectivity index (χ0) is 13.1. The molecule has 98 valence electrons. The second-order valence-corrected chi connectivity index (χ2v) is 7.57. The van der Waals surface area contributed by atoms with Crippen molar-refractivity contribution in [2.75, 3.05) is 19.1 Å². The van der Waals surface area contributed by atoms with Gasteiger partial charge in [-0.1, -0.05) is 0 Å². The summed E-state index contributed by atoms with van der Waals surface area (Å²) in [6.45, 7) is 1.63. The van der Waals surface area contributed by atoms with Gasteiger partial charge in [0.25, 0.3) is 0 Å². The molecule has 7 heteroatoms. The average molecular weight is 295 g/mol. The highest BCUT2D eigenvalue weighted by atomic mass is 32.2. The Balaban J connectivity index is 3.03. The lowest BCUT2D eigenvalue weighted by atomic mass is 10.4. The molecule has 0 radical (unpaired) electrons. The van der Waals surface area contributed by atoms with E-state index in [1.165, 1.54) is 15.6 Å². The Hall–Kier alpha value is -0.0800. The van der Waals surface area contributed by atoms with Gasteiger partial charge < -0.3 is 5.11 Å². The van der Waals surface area contributed by atoms with Crippen LogP contribution in [0.15, 0.2) is 16.3 Å². The van der Waals surface area contributed by atoms with E-state index in [2.05, 4.69) is 0 Å². The topological polar surface area (TPSA) is 57.6 Å². The molecule has 0 aliphatic heterocycles. The molecule has 0 spiro atoms. The molecule has 4 nitrogen and oxygen atoms in total. The first-order chi connectivity index (χ1) is 7.95. The Kier molecular flexibility index (Phi) is 5.46. The Morgan fingerprint density at radius 1 is 1.59 bits per heavy atom. The van der Waals surface area contributed by atoms with Crippen LogP contribution in [0.3, 0.4) is 0 Å². The van der Waals surface area contributed by atoms with Crippen molar-refractivity contribution in [1.29, 1.82) is 0 Å². The van der Waals surface area contributed by atoms with Gasteiger partial charge in [-0.05, 0) is 24.6 Å². The number of aliphatic hydroxyl groups is 1. The van der Waals surface area contributed by atoms with E-state index in [0.717, 1.165) is 5.75 Å². The van der Waals surface area contributed by atoms with Gasteiger partial charge in [0.2, 0.25) is 10.0 Å². The highest BCUT2D eigenvalue weighted by molar-refractivity contribution is 7.98. The van der Waals surface area contributed by atoms with Crippen molar-refractivity contribution in [1.82, 2.24) is 4.31 Å². The van der Waals surface area contributed by atoms with Gasteiger partial charge in [-0.15, -0.1) is 11.3 Å².